The van der Waals surface area contributed by atoms with E-state index in [1.54, 1.807) is 7.11 Å². The lowest BCUT2D eigenvalue weighted by atomic mass is 9.84. The van der Waals surface area contributed by atoms with E-state index in [1.807, 2.05) is 0 Å². The smallest absolute Gasteiger partial charge is 0.106 e. The van der Waals surface area contributed by atoms with Gasteiger partial charge in [-0.3, -0.25) is 0 Å². The molecule has 1 nitrogen and oxygen atoms in total. The summed E-state index contributed by atoms with van der Waals surface area (Å²) in [4.78, 5) is 0. The van der Waals surface area contributed by atoms with E-state index in [0.29, 0.717) is 5.92 Å². The minimum Gasteiger partial charge on any atom is -0.500 e. The summed E-state index contributed by atoms with van der Waals surface area (Å²) in [6, 6.07) is 13.5. The molecule has 1 aliphatic carbocycles. The summed E-state index contributed by atoms with van der Waals surface area (Å²) in [5.74, 6) is 1.59. The molecule has 3 aromatic rings. The first kappa shape index (κ1) is 11.8. The summed E-state index contributed by atoms with van der Waals surface area (Å²) in [6.45, 7) is 4.44. The molecule has 0 bridgehead atoms. The van der Waals surface area contributed by atoms with Gasteiger partial charge in [-0.05, 0) is 46.0 Å². The highest BCUT2D eigenvalue weighted by molar-refractivity contribution is 6.13. The molecule has 0 radical (unpaired) electrons. The van der Waals surface area contributed by atoms with Crippen molar-refractivity contribution in [2.24, 2.45) is 5.92 Å². The van der Waals surface area contributed by atoms with Crippen LogP contribution in [0.1, 0.15) is 18.1 Å². The predicted octanol–water partition coefficient (Wildman–Crippen LogP) is 3.97. The van der Waals surface area contributed by atoms with E-state index in [2.05, 4.69) is 50.2 Å². The zero-order valence-electron chi connectivity index (χ0n) is 12.2. The Morgan fingerprint density at radius 2 is 1.80 bits per heavy atom. The Morgan fingerprint density at radius 1 is 1.00 bits per heavy atom. The maximum atomic E-state index is 5.70. The Labute approximate surface area is 118 Å². The van der Waals surface area contributed by atoms with Crippen LogP contribution < -0.4 is 5.22 Å². The van der Waals surface area contributed by atoms with Crippen molar-refractivity contribution in [1.82, 2.24) is 0 Å². The topological polar surface area (TPSA) is 9.23 Å². The second kappa shape index (κ2) is 3.99. The maximum absolute atomic E-state index is 5.70. The predicted molar refractivity (Wildman–Crippen MR) is 84.7 cm³/mol. The molecule has 0 aliphatic heterocycles. The van der Waals surface area contributed by atoms with E-state index in [0.717, 1.165) is 12.2 Å². The molecule has 0 spiro atoms. The molecule has 0 saturated heterocycles. The van der Waals surface area contributed by atoms with E-state index >= 15 is 0 Å². The zero-order chi connectivity index (χ0) is 13.9. The van der Waals surface area contributed by atoms with E-state index in [1.165, 1.54) is 37.9 Å². The van der Waals surface area contributed by atoms with Crippen molar-refractivity contribution in [2.75, 3.05) is 7.11 Å². The third kappa shape index (κ3) is 1.38. The summed E-state index contributed by atoms with van der Waals surface area (Å²) in [5.41, 5.74) is 2.80. The first-order valence-corrected chi connectivity index (χ1v) is 7.22. The van der Waals surface area contributed by atoms with Crippen LogP contribution in [0.2, 0.25) is 0 Å². The molecule has 0 saturated carbocycles. The fraction of sp³-hybridized carbons (Fsp3) is 0.263. The molecule has 1 aliphatic rings. The third-order valence-corrected chi connectivity index (χ3v) is 4.68. The van der Waals surface area contributed by atoms with Crippen LogP contribution in [0.5, 0.6) is 0 Å². The quantitative estimate of drug-likeness (QED) is 0.645. The van der Waals surface area contributed by atoms with Gasteiger partial charge in [0.2, 0.25) is 0 Å². The fourth-order valence-corrected chi connectivity index (χ4v) is 3.74. The number of benzene rings is 3. The molecule has 3 aromatic carbocycles. The van der Waals surface area contributed by atoms with Gasteiger partial charge in [-0.15, -0.1) is 0 Å². The Balaban J connectivity index is 2.35. The van der Waals surface area contributed by atoms with Crippen LogP contribution in [-0.2, 0) is 11.2 Å². The maximum Gasteiger partial charge on any atom is 0.106 e. The monoisotopic (exact) mass is 262 g/mol. The highest BCUT2D eigenvalue weighted by Gasteiger charge is 2.21. The van der Waals surface area contributed by atoms with Gasteiger partial charge >= 0.3 is 0 Å². The van der Waals surface area contributed by atoms with Crippen LogP contribution >= 0.6 is 0 Å². The number of aryl methyl sites for hydroxylation is 1. The van der Waals surface area contributed by atoms with Crippen LogP contribution in [0.4, 0.5) is 0 Å². The molecule has 1 heteroatoms. The van der Waals surface area contributed by atoms with Crippen LogP contribution in [0.25, 0.3) is 27.3 Å². The van der Waals surface area contributed by atoms with Crippen molar-refractivity contribution >= 4 is 27.3 Å². The molecule has 4 rings (SSSR count). The van der Waals surface area contributed by atoms with Crippen LogP contribution in [-0.4, -0.2) is 7.11 Å². The fourth-order valence-electron chi connectivity index (χ4n) is 3.74. The molecule has 100 valence electrons. The van der Waals surface area contributed by atoms with E-state index in [4.69, 9.17) is 4.74 Å². The molecule has 0 amide bonds. The Kier molecular flexibility index (Phi) is 2.35. The molecular formula is C19H18O. The zero-order valence-corrected chi connectivity index (χ0v) is 12.2. The van der Waals surface area contributed by atoms with Gasteiger partial charge in [-0.25, -0.2) is 0 Å². The Hall–Kier alpha value is -2.02. The average molecular weight is 262 g/mol. The average Bonchev–Trinajstić information content (AvgIpc) is 2.46. The minimum absolute atomic E-state index is 0.455. The number of methoxy groups -OCH3 is 1. The first-order chi connectivity index (χ1) is 9.70. The van der Waals surface area contributed by atoms with Crippen molar-refractivity contribution < 1.29 is 4.74 Å². The summed E-state index contributed by atoms with van der Waals surface area (Å²) in [7, 11) is 1.80. The van der Waals surface area contributed by atoms with Crippen molar-refractivity contribution in [3.8, 4) is 0 Å². The normalized spacial score (nSPS) is 17.9. The number of ether oxygens (including phenoxy) is 1. The van der Waals surface area contributed by atoms with Gasteiger partial charge in [-0.1, -0.05) is 43.3 Å². The summed E-state index contributed by atoms with van der Waals surface area (Å²) < 4.78 is 5.70. The van der Waals surface area contributed by atoms with Gasteiger partial charge in [0, 0.05) is 11.1 Å². The van der Waals surface area contributed by atoms with E-state index in [-0.39, 0.29) is 0 Å². The van der Waals surface area contributed by atoms with Crippen molar-refractivity contribution in [1.29, 1.82) is 0 Å². The molecule has 20 heavy (non-hydrogen) atoms. The molecule has 0 aromatic heterocycles. The molecular weight excluding hydrogens is 244 g/mol. The SMILES string of the molecule is COC1=c2ccc3ccc(C)c4ccc(c2c34)CC1C. The minimum atomic E-state index is 0.455. The number of hydrogen-bond acceptors (Lipinski definition) is 1. The molecule has 0 N–H and O–H groups in total. The molecule has 0 heterocycles. The van der Waals surface area contributed by atoms with Gasteiger partial charge < -0.3 is 4.74 Å². The van der Waals surface area contributed by atoms with Crippen molar-refractivity contribution in [3.63, 3.8) is 0 Å². The van der Waals surface area contributed by atoms with Crippen molar-refractivity contribution in [3.05, 3.63) is 52.7 Å². The summed E-state index contributed by atoms with van der Waals surface area (Å²) in [6.07, 6.45) is 1.07. The summed E-state index contributed by atoms with van der Waals surface area (Å²) in [5, 5.41) is 6.79. The molecule has 0 fully saturated rings. The van der Waals surface area contributed by atoms with Gasteiger partial charge in [0.05, 0.1) is 7.11 Å². The Bertz CT molecular complexity index is 889. The van der Waals surface area contributed by atoms with Gasteiger partial charge in [0.1, 0.15) is 5.76 Å². The van der Waals surface area contributed by atoms with Gasteiger partial charge in [0.25, 0.3) is 0 Å². The van der Waals surface area contributed by atoms with Crippen LogP contribution in [0.15, 0.2) is 36.4 Å². The van der Waals surface area contributed by atoms with E-state index < -0.39 is 0 Å². The Morgan fingerprint density at radius 3 is 2.60 bits per heavy atom. The van der Waals surface area contributed by atoms with Crippen molar-refractivity contribution in [2.45, 2.75) is 20.3 Å². The first-order valence-electron chi connectivity index (χ1n) is 7.22. The highest BCUT2D eigenvalue weighted by atomic mass is 16.5. The van der Waals surface area contributed by atoms with Crippen LogP contribution in [0, 0.1) is 12.8 Å². The third-order valence-electron chi connectivity index (χ3n) is 4.68. The second-order valence-electron chi connectivity index (χ2n) is 5.91. The van der Waals surface area contributed by atoms with Gasteiger partial charge in [0.15, 0.2) is 0 Å². The molecule has 1 unspecified atom stereocenters. The van der Waals surface area contributed by atoms with E-state index in [9.17, 15) is 0 Å². The largest absolute Gasteiger partial charge is 0.500 e. The van der Waals surface area contributed by atoms with Crippen LogP contribution in [0.3, 0.4) is 0 Å². The lowest BCUT2D eigenvalue weighted by molar-refractivity contribution is 0.323. The van der Waals surface area contributed by atoms with Gasteiger partial charge in [-0.2, -0.15) is 0 Å². The number of rotatable bonds is 1. The lowest BCUT2D eigenvalue weighted by Crippen LogP contribution is -2.22. The highest BCUT2D eigenvalue weighted by Crippen LogP contribution is 2.34. The second-order valence-corrected chi connectivity index (χ2v) is 5.91. The molecule has 1 atom stereocenters. The lowest BCUT2D eigenvalue weighted by Gasteiger charge is -2.23. The number of hydrogen-bond donors (Lipinski definition) is 0. The standard InChI is InChI=1S/C19H18O/c1-11-4-5-13-6-9-16-18-14(7-8-15(11)17(13)18)10-12(2)19(16)20-3/h4-9,12H,10H2,1-3H3. The summed E-state index contributed by atoms with van der Waals surface area (Å²) >= 11 is 0.